The van der Waals surface area contributed by atoms with Gasteiger partial charge < -0.3 is 9.13 Å². The molecule has 0 spiro atoms. The lowest BCUT2D eigenvalue weighted by molar-refractivity contribution is 1.15. The van der Waals surface area contributed by atoms with Crippen LogP contribution in [0.25, 0.3) is 115 Å². The highest BCUT2D eigenvalue weighted by molar-refractivity contribution is 6.14. The maximum atomic E-state index is 9.13. The van der Waals surface area contributed by atoms with Crippen molar-refractivity contribution in [3.05, 3.63) is 245 Å². The van der Waals surface area contributed by atoms with E-state index in [9.17, 15) is 0 Å². The fourth-order valence-corrected chi connectivity index (χ4v) is 10.7. The second-order valence-corrected chi connectivity index (χ2v) is 19.3. The van der Waals surface area contributed by atoms with Gasteiger partial charge in [0.05, 0.1) is 34.3 Å². The normalized spacial score (nSPS) is 11.6. The highest BCUT2D eigenvalue weighted by atomic mass is 15.0. The lowest BCUT2D eigenvalue weighted by Crippen LogP contribution is -2.03. The van der Waals surface area contributed by atoms with Crippen LogP contribution in [0.5, 0.6) is 0 Å². The Morgan fingerprint density at radius 3 is 0.929 bits per heavy atom. The molecule has 3 heteroatoms. The molecular formula is C67H51N3. The molecular weight excluding hydrogens is 847 g/mol. The predicted octanol–water partition coefficient (Wildman–Crippen LogP) is 18.6. The Balaban J connectivity index is 1.20. The van der Waals surface area contributed by atoms with E-state index in [1.54, 1.807) is 0 Å². The van der Waals surface area contributed by atoms with E-state index in [2.05, 4.69) is 256 Å². The molecule has 0 N–H and O–H groups in total. The van der Waals surface area contributed by atoms with E-state index in [-0.39, 0.29) is 0 Å². The molecule has 0 saturated carbocycles. The van der Waals surface area contributed by atoms with Crippen LogP contribution in [0.4, 0.5) is 5.69 Å². The zero-order valence-electron chi connectivity index (χ0n) is 40.4. The van der Waals surface area contributed by atoms with Crippen molar-refractivity contribution in [2.45, 2.75) is 41.5 Å². The minimum absolute atomic E-state index is 0.574. The molecule has 12 aromatic rings. The maximum Gasteiger partial charge on any atom is 0.212 e. The molecule has 12 rings (SSSR count). The van der Waals surface area contributed by atoms with Gasteiger partial charge in [-0.3, -0.25) is 0 Å². The molecule has 0 aliphatic heterocycles. The summed E-state index contributed by atoms with van der Waals surface area (Å²) in [7, 11) is 0. The number of aryl methyl sites for hydroxylation is 6. The SMILES string of the molecule is [C-]#[N+]c1cc(-n2c3cc(-c4ccc(C)cc4)ccc3c3ccc(-c4ccc(C)cc4)cc32)c(-c2c(C)cccc2C)cc1-n1c2cc(-c3ccc(C)cc3)ccc2c2ccc(-c3ccc(C)cc3)cc21. The smallest absolute Gasteiger partial charge is 0.212 e. The first kappa shape index (κ1) is 42.6. The number of aromatic nitrogens is 2. The lowest BCUT2D eigenvalue weighted by Gasteiger charge is -2.21. The van der Waals surface area contributed by atoms with Crippen molar-refractivity contribution in [3.8, 4) is 67.0 Å². The fourth-order valence-electron chi connectivity index (χ4n) is 10.7. The summed E-state index contributed by atoms with van der Waals surface area (Å²) in [5, 5.41) is 4.61. The molecule has 10 aromatic carbocycles. The molecule has 0 amide bonds. The summed E-state index contributed by atoms with van der Waals surface area (Å²) in [6.45, 7) is 22.1. The average molecular weight is 898 g/mol. The lowest BCUT2D eigenvalue weighted by atomic mass is 9.93. The van der Waals surface area contributed by atoms with Crippen molar-refractivity contribution in [1.82, 2.24) is 9.13 Å². The Kier molecular flexibility index (Phi) is 10.2. The summed E-state index contributed by atoms with van der Waals surface area (Å²) in [6.07, 6.45) is 0. The van der Waals surface area contributed by atoms with Crippen molar-refractivity contribution >= 4 is 49.3 Å². The van der Waals surface area contributed by atoms with Gasteiger partial charge in [-0.25, -0.2) is 4.85 Å². The number of benzene rings is 10. The molecule has 0 atom stereocenters. The summed E-state index contributed by atoms with van der Waals surface area (Å²) < 4.78 is 4.81. The van der Waals surface area contributed by atoms with Gasteiger partial charge >= 0.3 is 0 Å². The monoisotopic (exact) mass is 897 g/mol. The minimum atomic E-state index is 0.574. The molecule has 0 bridgehead atoms. The van der Waals surface area contributed by atoms with Crippen molar-refractivity contribution in [1.29, 1.82) is 0 Å². The second-order valence-electron chi connectivity index (χ2n) is 19.3. The first-order valence-corrected chi connectivity index (χ1v) is 24.2. The number of hydrogen-bond donors (Lipinski definition) is 0. The van der Waals surface area contributed by atoms with Gasteiger partial charge in [-0.2, -0.15) is 0 Å². The molecule has 2 heterocycles. The number of fused-ring (bicyclic) bond motifs is 6. The van der Waals surface area contributed by atoms with Gasteiger partial charge in [0.15, 0.2) is 0 Å². The predicted molar refractivity (Wildman–Crippen MR) is 297 cm³/mol. The Bertz CT molecular complexity index is 3850. The average Bonchev–Trinajstić information content (AvgIpc) is 3.88. The van der Waals surface area contributed by atoms with Crippen LogP contribution >= 0.6 is 0 Å². The van der Waals surface area contributed by atoms with E-state index in [1.165, 1.54) is 33.4 Å². The zero-order valence-corrected chi connectivity index (χ0v) is 40.4. The molecule has 3 nitrogen and oxygen atoms in total. The van der Waals surface area contributed by atoms with Gasteiger partial charge in [0.2, 0.25) is 5.69 Å². The third kappa shape index (κ3) is 7.20. The van der Waals surface area contributed by atoms with E-state index < -0.39 is 0 Å². The zero-order chi connectivity index (χ0) is 47.8. The van der Waals surface area contributed by atoms with E-state index in [4.69, 9.17) is 6.57 Å². The Morgan fingerprint density at radius 1 is 0.314 bits per heavy atom. The molecule has 0 aliphatic carbocycles. The summed E-state index contributed by atoms with van der Waals surface area (Å²) in [6, 6.07) is 73.6. The molecule has 70 heavy (non-hydrogen) atoms. The first-order chi connectivity index (χ1) is 34.1. The van der Waals surface area contributed by atoms with Crippen LogP contribution < -0.4 is 0 Å². The van der Waals surface area contributed by atoms with Crippen LogP contribution in [-0.4, -0.2) is 9.13 Å². The van der Waals surface area contributed by atoms with E-state index in [0.29, 0.717) is 5.69 Å². The van der Waals surface area contributed by atoms with Crippen molar-refractivity contribution in [3.63, 3.8) is 0 Å². The summed E-state index contributed by atoms with van der Waals surface area (Å²) in [4.78, 5) is 4.49. The quantitative estimate of drug-likeness (QED) is 0.142. The van der Waals surface area contributed by atoms with Crippen molar-refractivity contribution in [2.24, 2.45) is 0 Å². The largest absolute Gasteiger partial charge is 0.319 e. The fraction of sp³-hybridized carbons (Fsp3) is 0.0896. The minimum Gasteiger partial charge on any atom is -0.319 e. The van der Waals surface area contributed by atoms with Gasteiger partial charge in [0, 0.05) is 32.8 Å². The topological polar surface area (TPSA) is 14.2 Å². The van der Waals surface area contributed by atoms with Crippen molar-refractivity contribution in [2.75, 3.05) is 0 Å². The van der Waals surface area contributed by atoms with Gasteiger partial charge in [0.25, 0.3) is 0 Å². The van der Waals surface area contributed by atoms with E-state index in [1.807, 2.05) is 0 Å². The van der Waals surface area contributed by atoms with Gasteiger partial charge in [-0.1, -0.05) is 186 Å². The number of rotatable bonds is 7. The highest BCUT2D eigenvalue weighted by Crippen LogP contribution is 2.46. The van der Waals surface area contributed by atoms with Crippen LogP contribution in [0, 0.1) is 48.1 Å². The molecule has 0 unspecified atom stereocenters. The van der Waals surface area contributed by atoms with Crippen LogP contribution in [-0.2, 0) is 0 Å². The van der Waals surface area contributed by atoms with Gasteiger partial charge in [0.1, 0.15) is 0 Å². The molecule has 0 fully saturated rings. The Hall–Kier alpha value is -8.71. The molecule has 334 valence electrons. The van der Waals surface area contributed by atoms with Crippen LogP contribution in [0.2, 0.25) is 0 Å². The van der Waals surface area contributed by atoms with E-state index in [0.717, 1.165) is 111 Å². The molecule has 0 saturated heterocycles. The highest BCUT2D eigenvalue weighted by Gasteiger charge is 2.24. The number of nitrogens with zero attached hydrogens (tertiary/aromatic N) is 3. The Morgan fingerprint density at radius 2 is 0.614 bits per heavy atom. The van der Waals surface area contributed by atoms with Crippen LogP contribution in [0.1, 0.15) is 33.4 Å². The second kappa shape index (κ2) is 16.8. The summed E-state index contributed by atoms with van der Waals surface area (Å²) >= 11 is 0. The van der Waals surface area contributed by atoms with Crippen LogP contribution in [0.15, 0.2) is 200 Å². The number of hydrogen-bond acceptors (Lipinski definition) is 0. The molecule has 0 radical (unpaired) electrons. The maximum absolute atomic E-state index is 9.13. The standard InChI is InChI=1S/C67H51N3/c1-41-11-19-47(20-12-41)51-27-31-55-56-32-28-52(48-21-13-42(2)14-22-48)36-62(56)69(61(55)35-51)65-40-60(68-7)66(39-59(65)67-45(5)9-8-10-46(67)6)70-63-37-53(49-23-15-43(3)16-24-49)29-33-57(63)58-34-30-54(38-64(58)70)50-25-17-44(4)18-26-50/h8-40H,1-6H3. The third-order valence-electron chi connectivity index (χ3n) is 14.5. The first-order valence-electron chi connectivity index (χ1n) is 24.2. The summed E-state index contributed by atoms with van der Waals surface area (Å²) in [5.74, 6) is 0. The summed E-state index contributed by atoms with van der Waals surface area (Å²) in [5.41, 5.74) is 25.4. The van der Waals surface area contributed by atoms with Crippen LogP contribution in [0.3, 0.4) is 0 Å². The van der Waals surface area contributed by atoms with Gasteiger partial charge in [-0.15, -0.1) is 0 Å². The van der Waals surface area contributed by atoms with Crippen molar-refractivity contribution < 1.29 is 0 Å². The molecule has 0 aliphatic rings. The van der Waals surface area contributed by atoms with Gasteiger partial charge in [-0.05, 0) is 139 Å². The molecule has 2 aromatic heterocycles. The third-order valence-corrected chi connectivity index (χ3v) is 14.5. The Labute approximate surface area is 410 Å². The van der Waals surface area contributed by atoms with E-state index >= 15 is 0 Å².